The van der Waals surface area contributed by atoms with Crippen molar-refractivity contribution >= 4 is 17.6 Å². The summed E-state index contributed by atoms with van der Waals surface area (Å²) in [6.07, 6.45) is 1.60. The van der Waals surface area contributed by atoms with Crippen molar-refractivity contribution in [1.82, 2.24) is 9.78 Å². The van der Waals surface area contributed by atoms with Gasteiger partial charge >= 0.3 is 0 Å². The molecule has 0 unspecified atom stereocenters. The summed E-state index contributed by atoms with van der Waals surface area (Å²) in [6, 6.07) is 25.8. The first-order chi connectivity index (χ1) is 15.1. The molecule has 1 aliphatic carbocycles. The lowest BCUT2D eigenvalue weighted by molar-refractivity contribution is 0.0990. The first-order valence-corrected chi connectivity index (χ1v) is 9.91. The van der Waals surface area contributed by atoms with Crippen LogP contribution < -0.4 is 4.74 Å². The molecular formula is C26H18N2O3. The number of aromatic nitrogens is 2. The van der Waals surface area contributed by atoms with Crippen LogP contribution in [0, 0.1) is 6.92 Å². The Hall–Kier alpha value is -4.25. The SMILES string of the molecule is Cc1nn(-c2ccccc2)c(Oc2ccccc2)c1C=C1C(=O)c2ccccc2C1=O. The lowest BCUT2D eigenvalue weighted by Crippen LogP contribution is -2.02. The van der Waals surface area contributed by atoms with Gasteiger partial charge in [-0.05, 0) is 37.3 Å². The molecule has 1 heterocycles. The van der Waals surface area contributed by atoms with Crippen LogP contribution in [-0.2, 0) is 0 Å². The van der Waals surface area contributed by atoms with Gasteiger partial charge in [0.25, 0.3) is 0 Å². The predicted molar refractivity (Wildman–Crippen MR) is 118 cm³/mol. The highest BCUT2D eigenvalue weighted by Gasteiger charge is 2.33. The first-order valence-electron chi connectivity index (χ1n) is 9.91. The van der Waals surface area contributed by atoms with Crippen LogP contribution in [0.4, 0.5) is 0 Å². The van der Waals surface area contributed by atoms with E-state index in [1.54, 1.807) is 35.0 Å². The normalized spacial score (nSPS) is 12.7. The third-order valence-electron chi connectivity index (χ3n) is 5.22. The largest absolute Gasteiger partial charge is 0.438 e. The average Bonchev–Trinajstić information content (AvgIpc) is 3.24. The number of Topliss-reactive ketones (excluding diaryl/α,β-unsaturated/α-hetero) is 2. The van der Waals surface area contributed by atoms with Gasteiger partial charge in [-0.15, -0.1) is 0 Å². The molecule has 0 saturated carbocycles. The Bertz CT molecular complexity index is 1300. The van der Waals surface area contributed by atoms with E-state index < -0.39 is 0 Å². The maximum atomic E-state index is 12.9. The number of ether oxygens (including phenoxy) is 1. The number of hydrogen-bond donors (Lipinski definition) is 0. The third-order valence-corrected chi connectivity index (χ3v) is 5.22. The number of carbonyl (C=O) groups excluding carboxylic acids is 2. The molecule has 0 N–H and O–H groups in total. The van der Waals surface area contributed by atoms with Gasteiger partial charge in [-0.1, -0.05) is 60.7 Å². The molecule has 0 fully saturated rings. The first kappa shape index (κ1) is 18.8. The lowest BCUT2D eigenvalue weighted by Gasteiger charge is -2.10. The second-order valence-electron chi connectivity index (χ2n) is 7.23. The number of ketones is 2. The van der Waals surface area contributed by atoms with Crippen LogP contribution in [0.25, 0.3) is 11.8 Å². The molecule has 0 atom stereocenters. The Morgan fingerprint density at radius 3 is 1.94 bits per heavy atom. The zero-order valence-corrected chi connectivity index (χ0v) is 16.8. The topological polar surface area (TPSA) is 61.2 Å². The molecule has 31 heavy (non-hydrogen) atoms. The highest BCUT2D eigenvalue weighted by Crippen LogP contribution is 2.35. The van der Waals surface area contributed by atoms with Gasteiger partial charge in [-0.3, -0.25) is 9.59 Å². The smallest absolute Gasteiger partial charge is 0.230 e. The van der Waals surface area contributed by atoms with Crippen molar-refractivity contribution in [2.45, 2.75) is 6.92 Å². The van der Waals surface area contributed by atoms with E-state index in [2.05, 4.69) is 5.10 Å². The van der Waals surface area contributed by atoms with Crippen molar-refractivity contribution in [3.05, 3.63) is 113 Å². The van der Waals surface area contributed by atoms with Gasteiger partial charge in [0.05, 0.1) is 22.5 Å². The van der Waals surface area contributed by atoms with Crippen molar-refractivity contribution in [1.29, 1.82) is 0 Å². The molecule has 5 nitrogen and oxygen atoms in total. The number of nitrogens with zero attached hydrogens (tertiary/aromatic N) is 2. The Balaban J connectivity index is 1.67. The van der Waals surface area contributed by atoms with Crippen LogP contribution in [-0.4, -0.2) is 21.3 Å². The van der Waals surface area contributed by atoms with Crippen LogP contribution in [0.1, 0.15) is 32.0 Å². The number of aryl methyl sites for hydroxylation is 1. The van der Waals surface area contributed by atoms with Crippen molar-refractivity contribution in [3.8, 4) is 17.3 Å². The van der Waals surface area contributed by atoms with E-state index in [0.717, 1.165) is 5.69 Å². The monoisotopic (exact) mass is 406 g/mol. The Morgan fingerprint density at radius 2 is 1.32 bits per heavy atom. The second kappa shape index (κ2) is 7.54. The zero-order chi connectivity index (χ0) is 21.4. The van der Waals surface area contributed by atoms with E-state index in [1.165, 1.54) is 0 Å². The summed E-state index contributed by atoms with van der Waals surface area (Å²) in [7, 11) is 0. The van der Waals surface area contributed by atoms with Gasteiger partial charge in [-0.25, -0.2) is 0 Å². The van der Waals surface area contributed by atoms with Crippen LogP contribution >= 0.6 is 0 Å². The molecule has 0 aliphatic heterocycles. The summed E-state index contributed by atoms with van der Waals surface area (Å²) in [5.41, 5.74) is 3.04. The summed E-state index contributed by atoms with van der Waals surface area (Å²) < 4.78 is 7.89. The number of fused-ring (bicyclic) bond motifs is 1. The summed E-state index contributed by atoms with van der Waals surface area (Å²) in [4.78, 5) is 25.8. The van der Waals surface area contributed by atoms with E-state index in [-0.39, 0.29) is 17.1 Å². The number of allylic oxidation sites excluding steroid dienone is 1. The lowest BCUT2D eigenvalue weighted by atomic mass is 10.1. The number of para-hydroxylation sites is 2. The van der Waals surface area contributed by atoms with Gasteiger partial charge in [-0.2, -0.15) is 9.78 Å². The van der Waals surface area contributed by atoms with E-state index in [9.17, 15) is 9.59 Å². The quantitative estimate of drug-likeness (QED) is 0.335. The molecule has 4 aromatic rings. The molecule has 0 radical (unpaired) electrons. The molecule has 0 bridgehead atoms. The second-order valence-corrected chi connectivity index (χ2v) is 7.23. The molecule has 1 aliphatic rings. The fraction of sp³-hybridized carbons (Fsp3) is 0.0385. The summed E-state index contributed by atoms with van der Waals surface area (Å²) in [6.45, 7) is 1.83. The molecule has 1 aromatic heterocycles. The molecule has 5 rings (SSSR count). The van der Waals surface area contributed by atoms with E-state index in [1.807, 2.05) is 67.6 Å². The third kappa shape index (κ3) is 3.26. The Kier molecular flexibility index (Phi) is 4.56. The maximum Gasteiger partial charge on any atom is 0.230 e. The fourth-order valence-electron chi connectivity index (χ4n) is 3.67. The van der Waals surface area contributed by atoms with Gasteiger partial charge in [0.15, 0.2) is 11.6 Å². The molecule has 0 spiro atoms. The number of rotatable bonds is 4. The number of carbonyl (C=O) groups is 2. The Morgan fingerprint density at radius 1 is 0.774 bits per heavy atom. The zero-order valence-electron chi connectivity index (χ0n) is 16.8. The fourth-order valence-corrected chi connectivity index (χ4v) is 3.67. The number of benzene rings is 3. The highest BCUT2D eigenvalue weighted by molar-refractivity contribution is 6.41. The van der Waals surface area contributed by atoms with Gasteiger partial charge in [0.1, 0.15) is 5.75 Å². The standard InChI is InChI=1S/C26H18N2O3/c1-17-22(16-23-24(29)20-14-8-9-15-21(20)25(23)30)26(31-19-12-6-3-7-13-19)28(27-17)18-10-4-2-5-11-18/h2-16H,1H3. The number of hydrogen-bond acceptors (Lipinski definition) is 4. The van der Waals surface area contributed by atoms with Gasteiger partial charge < -0.3 is 4.74 Å². The highest BCUT2D eigenvalue weighted by atomic mass is 16.5. The van der Waals surface area contributed by atoms with Gasteiger partial charge in [0.2, 0.25) is 5.88 Å². The minimum Gasteiger partial charge on any atom is -0.438 e. The van der Waals surface area contributed by atoms with Crippen molar-refractivity contribution in [2.75, 3.05) is 0 Å². The predicted octanol–water partition coefficient (Wildman–Crippen LogP) is 5.44. The summed E-state index contributed by atoms with van der Waals surface area (Å²) >= 11 is 0. The molecule has 0 saturated heterocycles. The molecular weight excluding hydrogens is 388 g/mol. The molecule has 3 aromatic carbocycles. The van der Waals surface area contributed by atoms with E-state index in [0.29, 0.717) is 34.0 Å². The van der Waals surface area contributed by atoms with Crippen LogP contribution in [0.3, 0.4) is 0 Å². The van der Waals surface area contributed by atoms with Crippen molar-refractivity contribution in [2.24, 2.45) is 0 Å². The van der Waals surface area contributed by atoms with Crippen molar-refractivity contribution < 1.29 is 14.3 Å². The summed E-state index contributed by atoms with van der Waals surface area (Å²) in [5, 5.41) is 4.64. The minimum atomic E-state index is -0.280. The maximum absolute atomic E-state index is 12.9. The Labute approximate surface area is 179 Å². The minimum absolute atomic E-state index is 0.120. The average molecular weight is 406 g/mol. The van der Waals surface area contributed by atoms with Crippen LogP contribution in [0.15, 0.2) is 90.5 Å². The van der Waals surface area contributed by atoms with E-state index in [4.69, 9.17) is 4.74 Å². The molecule has 0 amide bonds. The van der Waals surface area contributed by atoms with E-state index >= 15 is 0 Å². The summed E-state index contributed by atoms with van der Waals surface area (Å²) in [5.74, 6) is 0.516. The molecule has 150 valence electrons. The van der Waals surface area contributed by atoms with Crippen LogP contribution in [0.2, 0.25) is 0 Å². The van der Waals surface area contributed by atoms with Crippen LogP contribution in [0.5, 0.6) is 11.6 Å². The molecule has 5 heteroatoms. The van der Waals surface area contributed by atoms with Crippen molar-refractivity contribution in [3.63, 3.8) is 0 Å². The van der Waals surface area contributed by atoms with Gasteiger partial charge in [0, 0.05) is 11.1 Å².